The van der Waals surface area contributed by atoms with Gasteiger partial charge in [0.15, 0.2) is 11.5 Å². The number of benzene rings is 1. The van der Waals surface area contributed by atoms with Crippen molar-refractivity contribution in [2.24, 2.45) is 0 Å². The molecule has 4 rings (SSSR count). The number of hydrogen-bond acceptors (Lipinski definition) is 7. The lowest BCUT2D eigenvalue weighted by Gasteiger charge is -2.11. The van der Waals surface area contributed by atoms with Crippen molar-refractivity contribution in [1.29, 1.82) is 0 Å². The van der Waals surface area contributed by atoms with E-state index in [2.05, 4.69) is 22.9 Å². The highest BCUT2D eigenvalue weighted by Gasteiger charge is 2.17. The Kier molecular flexibility index (Phi) is 5.20. The van der Waals surface area contributed by atoms with Gasteiger partial charge in [-0.15, -0.1) is 11.3 Å². The van der Waals surface area contributed by atoms with Crippen molar-refractivity contribution in [3.8, 4) is 33.2 Å². The first-order valence-electron chi connectivity index (χ1n) is 8.62. The van der Waals surface area contributed by atoms with E-state index in [0.29, 0.717) is 12.6 Å². The topological polar surface area (TPSA) is 65.5 Å². The Morgan fingerprint density at radius 3 is 3.04 bits per heavy atom. The van der Waals surface area contributed by atoms with Crippen molar-refractivity contribution in [2.45, 2.75) is 6.42 Å². The molecule has 3 aromatic rings. The Morgan fingerprint density at radius 1 is 1.26 bits per heavy atom. The molecule has 0 saturated carbocycles. The lowest BCUT2D eigenvalue weighted by atomic mass is 10.0. The summed E-state index contributed by atoms with van der Waals surface area (Å²) in [5, 5.41) is 5.29. The van der Waals surface area contributed by atoms with Gasteiger partial charge in [0.25, 0.3) is 0 Å². The Morgan fingerprint density at radius 2 is 2.19 bits per heavy atom. The Balaban J connectivity index is 1.62. The largest absolute Gasteiger partial charge is 0.502 e. The SMILES string of the molecule is C=COCCCNc1ncc(-c2ccc3c(c2)OCO3)c(-c2cccs2)n1. The fraction of sp³-hybridized carbons (Fsp3) is 0.200. The Bertz CT molecular complexity index is 928. The molecule has 6 nitrogen and oxygen atoms in total. The van der Waals surface area contributed by atoms with Gasteiger partial charge in [0.05, 0.1) is 23.4 Å². The lowest BCUT2D eigenvalue weighted by Crippen LogP contribution is -2.08. The summed E-state index contributed by atoms with van der Waals surface area (Å²) in [6.45, 7) is 5.13. The zero-order valence-corrected chi connectivity index (χ0v) is 15.5. The highest BCUT2D eigenvalue weighted by molar-refractivity contribution is 7.13. The molecule has 1 aliphatic heterocycles. The molecule has 27 heavy (non-hydrogen) atoms. The third kappa shape index (κ3) is 3.88. The fourth-order valence-electron chi connectivity index (χ4n) is 2.78. The molecular weight excluding hydrogens is 362 g/mol. The second-order valence-corrected chi connectivity index (χ2v) is 6.77. The molecule has 0 saturated heterocycles. The zero-order chi connectivity index (χ0) is 18.5. The van der Waals surface area contributed by atoms with E-state index in [-0.39, 0.29) is 6.79 Å². The molecule has 138 valence electrons. The van der Waals surface area contributed by atoms with Crippen LogP contribution in [0.3, 0.4) is 0 Å². The van der Waals surface area contributed by atoms with Crippen LogP contribution in [0.25, 0.3) is 21.7 Å². The monoisotopic (exact) mass is 381 g/mol. The van der Waals surface area contributed by atoms with E-state index in [1.54, 1.807) is 11.3 Å². The van der Waals surface area contributed by atoms with Crippen LogP contribution < -0.4 is 14.8 Å². The highest BCUT2D eigenvalue weighted by atomic mass is 32.1. The van der Waals surface area contributed by atoms with Gasteiger partial charge in [0.1, 0.15) is 0 Å². The van der Waals surface area contributed by atoms with Crippen LogP contribution in [-0.4, -0.2) is 29.9 Å². The molecule has 0 radical (unpaired) electrons. The minimum Gasteiger partial charge on any atom is -0.502 e. The number of ether oxygens (including phenoxy) is 3. The zero-order valence-electron chi connectivity index (χ0n) is 14.7. The van der Waals surface area contributed by atoms with Crippen molar-refractivity contribution in [1.82, 2.24) is 9.97 Å². The summed E-state index contributed by atoms with van der Waals surface area (Å²) in [4.78, 5) is 10.3. The van der Waals surface area contributed by atoms with Crippen LogP contribution in [0.1, 0.15) is 6.42 Å². The second kappa shape index (κ2) is 8.09. The summed E-state index contributed by atoms with van der Waals surface area (Å²) < 4.78 is 16.0. The lowest BCUT2D eigenvalue weighted by molar-refractivity contribution is 0.174. The quantitative estimate of drug-likeness (QED) is 0.456. The molecule has 0 atom stereocenters. The summed E-state index contributed by atoms with van der Waals surface area (Å²) >= 11 is 1.65. The average Bonchev–Trinajstić information content (AvgIpc) is 3.39. The molecule has 0 unspecified atom stereocenters. The van der Waals surface area contributed by atoms with E-state index in [9.17, 15) is 0 Å². The number of thiophene rings is 1. The molecule has 7 heteroatoms. The molecule has 3 heterocycles. The maximum Gasteiger partial charge on any atom is 0.231 e. The maximum absolute atomic E-state index is 5.51. The molecule has 0 spiro atoms. The molecule has 1 aliphatic rings. The van der Waals surface area contributed by atoms with Gasteiger partial charge < -0.3 is 19.5 Å². The number of anilines is 1. The van der Waals surface area contributed by atoms with Gasteiger partial charge >= 0.3 is 0 Å². The van der Waals surface area contributed by atoms with Crippen LogP contribution in [0.5, 0.6) is 11.5 Å². The van der Waals surface area contributed by atoms with Crippen LogP contribution in [0, 0.1) is 0 Å². The third-order valence-electron chi connectivity index (χ3n) is 4.07. The second-order valence-electron chi connectivity index (χ2n) is 5.82. The van der Waals surface area contributed by atoms with Crippen molar-refractivity contribution in [2.75, 3.05) is 25.3 Å². The number of nitrogens with zero attached hydrogens (tertiary/aromatic N) is 2. The summed E-state index contributed by atoms with van der Waals surface area (Å²) in [6, 6.07) is 9.97. The van der Waals surface area contributed by atoms with Gasteiger partial charge in [0.2, 0.25) is 12.7 Å². The summed E-state index contributed by atoms with van der Waals surface area (Å²) in [5.74, 6) is 2.10. The molecule has 0 bridgehead atoms. The molecule has 1 N–H and O–H groups in total. The molecule has 0 amide bonds. The van der Waals surface area contributed by atoms with E-state index in [1.807, 2.05) is 35.8 Å². The summed E-state index contributed by atoms with van der Waals surface area (Å²) in [7, 11) is 0. The maximum atomic E-state index is 5.51. The smallest absolute Gasteiger partial charge is 0.231 e. The van der Waals surface area contributed by atoms with Crippen LogP contribution in [-0.2, 0) is 4.74 Å². The van der Waals surface area contributed by atoms with Gasteiger partial charge in [-0.3, -0.25) is 0 Å². The molecular formula is C20H19N3O3S. The normalized spacial score (nSPS) is 12.0. The highest BCUT2D eigenvalue weighted by Crippen LogP contribution is 2.39. The van der Waals surface area contributed by atoms with Crippen LogP contribution >= 0.6 is 11.3 Å². The van der Waals surface area contributed by atoms with Crippen molar-refractivity contribution in [3.05, 3.63) is 54.7 Å². The minimum absolute atomic E-state index is 0.255. The van der Waals surface area contributed by atoms with Gasteiger partial charge in [0, 0.05) is 18.3 Å². The summed E-state index contributed by atoms with van der Waals surface area (Å²) in [5.41, 5.74) is 2.84. The number of aromatic nitrogens is 2. The first-order valence-corrected chi connectivity index (χ1v) is 9.50. The molecule has 0 fully saturated rings. The van der Waals surface area contributed by atoms with Crippen LogP contribution in [0.15, 0.2) is 54.7 Å². The number of rotatable bonds is 8. The number of hydrogen-bond donors (Lipinski definition) is 1. The fourth-order valence-corrected chi connectivity index (χ4v) is 3.51. The number of fused-ring (bicyclic) bond motifs is 1. The predicted octanol–water partition coefficient (Wildman–Crippen LogP) is 4.56. The Labute approximate surface area is 161 Å². The standard InChI is InChI=1S/C20H19N3O3S/c1-2-24-9-4-8-21-20-22-12-15(19(23-20)18-5-3-10-27-18)14-6-7-16-17(11-14)26-13-25-16/h2-3,5-7,10-12H,1,4,8-9,13H2,(H,21,22,23). The van der Waals surface area contributed by atoms with Gasteiger partial charge in [-0.25, -0.2) is 9.97 Å². The van der Waals surface area contributed by atoms with Crippen molar-refractivity contribution >= 4 is 17.3 Å². The molecule has 1 aromatic carbocycles. The summed E-state index contributed by atoms with van der Waals surface area (Å²) in [6.07, 6.45) is 4.14. The predicted molar refractivity (Wildman–Crippen MR) is 106 cm³/mol. The van der Waals surface area contributed by atoms with Crippen molar-refractivity contribution in [3.63, 3.8) is 0 Å². The number of nitrogens with one attached hydrogen (secondary N) is 1. The average molecular weight is 381 g/mol. The van der Waals surface area contributed by atoms with Gasteiger partial charge in [-0.2, -0.15) is 0 Å². The Hall–Kier alpha value is -3.06. The third-order valence-corrected chi connectivity index (χ3v) is 4.94. The molecule has 0 aliphatic carbocycles. The molecule has 2 aromatic heterocycles. The first-order chi connectivity index (χ1) is 13.3. The first kappa shape index (κ1) is 17.4. The van der Waals surface area contributed by atoms with E-state index >= 15 is 0 Å². The van der Waals surface area contributed by atoms with Crippen molar-refractivity contribution < 1.29 is 14.2 Å². The minimum atomic E-state index is 0.255. The van der Waals surface area contributed by atoms with E-state index in [1.165, 1.54) is 6.26 Å². The van der Waals surface area contributed by atoms with Crippen LogP contribution in [0.2, 0.25) is 0 Å². The van der Waals surface area contributed by atoms with Gasteiger partial charge in [-0.1, -0.05) is 18.7 Å². The van der Waals surface area contributed by atoms with E-state index < -0.39 is 0 Å². The van der Waals surface area contributed by atoms with Crippen LogP contribution in [0.4, 0.5) is 5.95 Å². The van der Waals surface area contributed by atoms with E-state index in [4.69, 9.17) is 19.2 Å². The van der Waals surface area contributed by atoms with E-state index in [0.717, 1.165) is 46.2 Å². The van der Waals surface area contributed by atoms with Gasteiger partial charge in [-0.05, 0) is 35.6 Å².